The Kier molecular flexibility index (Phi) is 6.37. The molecule has 1 aromatic rings. The van der Waals surface area contributed by atoms with Gasteiger partial charge in [0.2, 0.25) is 5.91 Å². The molecule has 1 N–H and O–H groups in total. The quantitative estimate of drug-likeness (QED) is 0.900. The summed E-state index contributed by atoms with van der Waals surface area (Å²) < 4.78 is 0. The molecular weight excluding hydrogens is 304 g/mol. The second-order valence-electron chi connectivity index (χ2n) is 6.83. The molecule has 1 aromatic carbocycles. The summed E-state index contributed by atoms with van der Waals surface area (Å²) in [7, 11) is 0. The fraction of sp³-hybridized carbons (Fsp3) is 0.579. The van der Waals surface area contributed by atoms with Crippen LogP contribution in [0.4, 0.5) is 0 Å². The fourth-order valence-corrected chi connectivity index (χ4v) is 3.46. The highest BCUT2D eigenvalue weighted by molar-refractivity contribution is 5.79. The molecule has 5 nitrogen and oxygen atoms in total. The highest BCUT2D eigenvalue weighted by atomic mass is 16.4. The molecular formula is C19H28N2O3. The zero-order chi connectivity index (χ0) is 17.7. The van der Waals surface area contributed by atoms with Crippen molar-refractivity contribution in [3.63, 3.8) is 0 Å². The molecule has 1 amide bonds. The van der Waals surface area contributed by atoms with Gasteiger partial charge in [-0.2, -0.15) is 0 Å². The molecule has 1 aliphatic heterocycles. The van der Waals surface area contributed by atoms with E-state index >= 15 is 0 Å². The first-order valence-corrected chi connectivity index (χ1v) is 8.64. The summed E-state index contributed by atoms with van der Waals surface area (Å²) in [4.78, 5) is 26.7. The van der Waals surface area contributed by atoms with Crippen LogP contribution in [0, 0.1) is 13.8 Å². The number of hydrogen-bond acceptors (Lipinski definition) is 3. The SMILES string of the molecule is CC(=O)N(CC(=O)O)C1CCCN(Cc2cc(C)ccc2C)CC1. The topological polar surface area (TPSA) is 60.9 Å². The molecule has 0 aromatic heterocycles. The van der Waals surface area contributed by atoms with Crippen molar-refractivity contribution in [3.05, 3.63) is 34.9 Å². The molecule has 0 radical (unpaired) electrons. The number of carboxylic acids is 1. The predicted molar refractivity (Wildman–Crippen MR) is 93.9 cm³/mol. The van der Waals surface area contributed by atoms with Gasteiger partial charge in [0.25, 0.3) is 0 Å². The number of nitrogens with zero attached hydrogens (tertiary/aromatic N) is 2. The van der Waals surface area contributed by atoms with E-state index in [0.29, 0.717) is 0 Å². The maximum atomic E-state index is 11.8. The Hall–Kier alpha value is -1.88. The molecule has 0 bridgehead atoms. The Morgan fingerprint density at radius 3 is 2.67 bits per heavy atom. The molecule has 0 aliphatic carbocycles. The third-order valence-electron chi connectivity index (χ3n) is 4.84. The van der Waals surface area contributed by atoms with Crippen LogP contribution in [0.1, 0.15) is 42.9 Å². The second-order valence-corrected chi connectivity index (χ2v) is 6.83. The Morgan fingerprint density at radius 2 is 2.00 bits per heavy atom. The average molecular weight is 332 g/mol. The lowest BCUT2D eigenvalue weighted by Crippen LogP contribution is -2.42. The molecule has 1 aliphatic rings. The standard InChI is InChI=1S/C19H28N2O3/c1-14-6-7-15(2)17(11-14)12-20-9-4-5-18(8-10-20)21(16(3)22)13-19(23)24/h6-7,11,18H,4-5,8-10,12-13H2,1-3H3,(H,23,24). The van der Waals surface area contributed by atoms with Crippen LogP contribution in [0.2, 0.25) is 0 Å². The molecule has 1 fully saturated rings. The summed E-state index contributed by atoms with van der Waals surface area (Å²) in [5, 5.41) is 9.03. The number of amides is 1. The molecule has 24 heavy (non-hydrogen) atoms. The van der Waals surface area contributed by atoms with E-state index in [1.54, 1.807) is 0 Å². The van der Waals surface area contributed by atoms with Crippen molar-refractivity contribution in [2.24, 2.45) is 0 Å². The molecule has 2 rings (SSSR count). The Balaban J connectivity index is 2.00. The lowest BCUT2D eigenvalue weighted by molar-refractivity contribution is -0.145. The van der Waals surface area contributed by atoms with Crippen molar-refractivity contribution in [2.45, 2.75) is 52.6 Å². The zero-order valence-electron chi connectivity index (χ0n) is 14.9. The van der Waals surface area contributed by atoms with Crippen LogP contribution in [-0.4, -0.2) is 52.5 Å². The third-order valence-corrected chi connectivity index (χ3v) is 4.84. The van der Waals surface area contributed by atoms with Gasteiger partial charge in [-0.3, -0.25) is 14.5 Å². The van der Waals surface area contributed by atoms with Crippen LogP contribution in [-0.2, 0) is 16.1 Å². The van der Waals surface area contributed by atoms with Crippen LogP contribution >= 0.6 is 0 Å². The van der Waals surface area contributed by atoms with Crippen molar-refractivity contribution < 1.29 is 14.7 Å². The number of likely N-dealkylation sites (tertiary alicyclic amines) is 1. The summed E-state index contributed by atoms with van der Waals surface area (Å²) in [6.45, 7) is 8.31. The normalized spacial score (nSPS) is 18.9. The summed E-state index contributed by atoms with van der Waals surface area (Å²) in [6.07, 6.45) is 2.69. The fourth-order valence-electron chi connectivity index (χ4n) is 3.46. The zero-order valence-corrected chi connectivity index (χ0v) is 14.9. The summed E-state index contributed by atoms with van der Waals surface area (Å²) in [6, 6.07) is 6.57. The smallest absolute Gasteiger partial charge is 0.323 e. The van der Waals surface area contributed by atoms with Gasteiger partial charge < -0.3 is 10.0 Å². The van der Waals surface area contributed by atoms with Crippen LogP contribution < -0.4 is 0 Å². The summed E-state index contributed by atoms with van der Waals surface area (Å²) >= 11 is 0. The molecule has 0 spiro atoms. The molecule has 1 heterocycles. The lowest BCUT2D eigenvalue weighted by Gasteiger charge is -2.29. The van der Waals surface area contributed by atoms with E-state index in [0.717, 1.165) is 38.9 Å². The van der Waals surface area contributed by atoms with Crippen LogP contribution in [0.5, 0.6) is 0 Å². The van der Waals surface area contributed by atoms with Crippen LogP contribution in [0.25, 0.3) is 0 Å². The van der Waals surface area contributed by atoms with Gasteiger partial charge >= 0.3 is 5.97 Å². The number of hydrogen-bond donors (Lipinski definition) is 1. The van der Waals surface area contributed by atoms with Gasteiger partial charge in [0, 0.05) is 26.1 Å². The first-order valence-electron chi connectivity index (χ1n) is 8.64. The van der Waals surface area contributed by atoms with E-state index in [4.69, 9.17) is 5.11 Å². The first kappa shape index (κ1) is 18.5. The largest absolute Gasteiger partial charge is 0.480 e. The number of benzene rings is 1. The minimum absolute atomic E-state index is 0.0298. The van der Waals surface area contributed by atoms with Gasteiger partial charge in [0.1, 0.15) is 6.54 Å². The van der Waals surface area contributed by atoms with E-state index in [1.807, 2.05) is 0 Å². The maximum Gasteiger partial charge on any atom is 0.323 e. The molecule has 1 unspecified atom stereocenters. The van der Waals surface area contributed by atoms with Gasteiger partial charge in [-0.15, -0.1) is 0 Å². The van der Waals surface area contributed by atoms with Gasteiger partial charge in [-0.25, -0.2) is 0 Å². The van der Waals surface area contributed by atoms with E-state index in [2.05, 4.69) is 36.9 Å². The van der Waals surface area contributed by atoms with Gasteiger partial charge in [0.15, 0.2) is 0 Å². The van der Waals surface area contributed by atoms with E-state index in [-0.39, 0.29) is 18.5 Å². The number of aryl methyl sites for hydroxylation is 2. The lowest BCUT2D eigenvalue weighted by atomic mass is 10.1. The highest BCUT2D eigenvalue weighted by Gasteiger charge is 2.26. The number of rotatable bonds is 5. The second kappa shape index (κ2) is 8.29. The Labute approximate surface area is 144 Å². The van der Waals surface area contributed by atoms with Crippen molar-refractivity contribution in [1.82, 2.24) is 9.80 Å². The number of aliphatic carboxylic acids is 1. The van der Waals surface area contributed by atoms with Gasteiger partial charge in [0.05, 0.1) is 0 Å². The van der Waals surface area contributed by atoms with E-state index in [9.17, 15) is 9.59 Å². The van der Waals surface area contributed by atoms with Crippen molar-refractivity contribution in [3.8, 4) is 0 Å². The minimum atomic E-state index is -0.943. The number of carbonyl (C=O) groups is 2. The number of carboxylic acid groups (broad SMARTS) is 1. The molecule has 5 heteroatoms. The average Bonchev–Trinajstić information content (AvgIpc) is 2.74. The van der Waals surface area contributed by atoms with E-state index in [1.165, 1.54) is 28.5 Å². The first-order chi connectivity index (χ1) is 11.4. The third kappa shape index (κ3) is 5.06. The molecule has 1 atom stereocenters. The molecule has 0 saturated carbocycles. The predicted octanol–water partition coefficient (Wildman–Crippen LogP) is 2.59. The van der Waals surface area contributed by atoms with Crippen molar-refractivity contribution >= 4 is 11.9 Å². The minimum Gasteiger partial charge on any atom is -0.480 e. The Bertz CT molecular complexity index is 600. The van der Waals surface area contributed by atoms with Gasteiger partial charge in [-0.1, -0.05) is 23.8 Å². The van der Waals surface area contributed by atoms with Crippen LogP contribution in [0.15, 0.2) is 18.2 Å². The monoisotopic (exact) mass is 332 g/mol. The summed E-state index contributed by atoms with van der Waals surface area (Å²) in [5.41, 5.74) is 3.92. The highest BCUT2D eigenvalue weighted by Crippen LogP contribution is 2.20. The number of carbonyl (C=O) groups excluding carboxylic acids is 1. The molecule has 132 valence electrons. The van der Waals surface area contributed by atoms with Crippen molar-refractivity contribution in [2.75, 3.05) is 19.6 Å². The van der Waals surface area contributed by atoms with E-state index < -0.39 is 5.97 Å². The maximum absolute atomic E-state index is 11.8. The van der Waals surface area contributed by atoms with Gasteiger partial charge in [-0.05, 0) is 50.8 Å². The Morgan fingerprint density at radius 1 is 1.25 bits per heavy atom. The summed E-state index contributed by atoms with van der Waals surface area (Å²) in [5.74, 6) is -1.09. The van der Waals surface area contributed by atoms with Crippen molar-refractivity contribution in [1.29, 1.82) is 0 Å². The molecule has 1 saturated heterocycles. The van der Waals surface area contributed by atoms with Crippen LogP contribution in [0.3, 0.4) is 0 Å².